The Kier molecular flexibility index (Phi) is 5.22. The maximum Gasteiger partial charge on any atom is 0.323 e. The van der Waals surface area contributed by atoms with Crippen molar-refractivity contribution in [2.45, 2.75) is 25.4 Å². The number of aliphatic hydroxyl groups excluding tert-OH is 1. The molecule has 30 heavy (non-hydrogen) atoms. The van der Waals surface area contributed by atoms with E-state index in [1.807, 2.05) is 56.3 Å². The Morgan fingerprint density at radius 3 is 1.93 bits per heavy atom. The molecule has 0 bridgehead atoms. The van der Waals surface area contributed by atoms with Gasteiger partial charge in [-0.3, -0.25) is 10.1 Å². The van der Waals surface area contributed by atoms with Crippen LogP contribution >= 0.6 is 0 Å². The molecule has 0 heterocycles. The summed E-state index contributed by atoms with van der Waals surface area (Å²) in [6.45, 7) is 3.58. The van der Waals surface area contributed by atoms with E-state index < -0.39 is 23.0 Å². The van der Waals surface area contributed by atoms with E-state index in [9.17, 15) is 9.90 Å². The van der Waals surface area contributed by atoms with Crippen LogP contribution in [0.3, 0.4) is 0 Å². The molecule has 0 aromatic heterocycles. The van der Waals surface area contributed by atoms with Crippen molar-refractivity contribution in [3.05, 3.63) is 95.6 Å². The first kappa shape index (κ1) is 20.3. The lowest BCUT2D eigenvalue weighted by atomic mass is 9.76. The topological polar surface area (TPSA) is 58.6 Å². The number of carbonyl (C=O) groups is 1. The number of carbonyl (C=O) groups excluding carboxylic acids is 1. The minimum Gasteiger partial charge on any atom is -0.468 e. The number of hydrogen-bond acceptors (Lipinski definition) is 4. The third kappa shape index (κ3) is 3.04. The van der Waals surface area contributed by atoms with E-state index >= 15 is 0 Å². The second-order valence-electron chi connectivity index (χ2n) is 8.45. The van der Waals surface area contributed by atoms with Crippen LogP contribution in [0, 0.1) is 5.41 Å². The van der Waals surface area contributed by atoms with Crippen molar-refractivity contribution >= 4 is 5.97 Å². The quantitative estimate of drug-likeness (QED) is 0.611. The molecule has 1 aliphatic carbocycles. The van der Waals surface area contributed by atoms with Crippen LogP contribution in [0.25, 0.3) is 11.1 Å². The molecule has 4 heteroatoms. The lowest BCUT2D eigenvalue weighted by Gasteiger charge is -2.41. The molecule has 0 aliphatic heterocycles. The summed E-state index contributed by atoms with van der Waals surface area (Å²) in [4.78, 5) is 12.9. The normalized spacial score (nSPS) is 15.2. The molecule has 0 unspecified atom stereocenters. The fraction of sp³-hybridized carbons (Fsp3) is 0.269. The highest BCUT2D eigenvalue weighted by molar-refractivity contribution is 5.84. The summed E-state index contributed by atoms with van der Waals surface area (Å²) in [5.74, 6) is -0.397. The van der Waals surface area contributed by atoms with Crippen molar-refractivity contribution < 1.29 is 14.6 Å². The lowest BCUT2D eigenvalue weighted by Crippen LogP contribution is -2.58. The van der Waals surface area contributed by atoms with E-state index in [2.05, 4.69) is 41.7 Å². The SMILES string of the molecule is COC(=O)[C@H](NC1(c2ccccc2)c2ccccc2-c2ccccc21)C(C)(C)CO. The minimum atomic E-state index is -0.750. The smallest absolute Gasteiger partial charge is 0.323 e. The number of aliphatic hydroxyl groups is 1. The predicted octanol–water partition coefficient (Wildman–Crippen LogP) is 4.11. The van der Waals surface area contributed by atoms with E-state index in [0.717, 1.165) is 27.8 Å². The highest BCUT2D eigenvalue weighted by Gasteiger charge is 2.49. The van der Waals surface area contributed by atoms with Crippen LogP contribution in [0.15, 0.2) is 78.9 Å². The van der Waals surface area contributed by atoms with Crippen molar-refractivity contribution in [3.8, 4) is 11.1 Å². The van der Waals surface area contributed by atoms with Gasteiger partial charge < -0.3 is 9.84 Å². The molecule has 0 amide bonds. The number of methoxy groups -OCH3 is 1. The number of nitrogens with one attached hydrogen (secondary N) is 1. The van der Waals surface area contributed by atoms with Gasteiger partial charge in [-0.25, -0.2) is 0 Å². The van der Waals surface area contributed by atoms with E-state index in [-0.39, 0.29) is 6.61 Å². The summed E-state index contributed by atoms with van der Waals surface area (Å²) >= 11 is 0. The molecule has 1 aliphatic rings. The van der Waals surface area contributed by atoms with E-state index in [4.69, 9.17) is 4.74 Å². The monoisotopic (exact) mass is 401 g/mol. The van der Waals surface area contributed by atoms with Crippen LogP contribution in [0.1, 0.15) is 30.5 Å². The first-order valence-electron chi connectivity index (χ1n) is 10.2. The molecule has 2 N–H and O–H groups in total. The summed E-state index contributed by atoms with van der Waals surface area (Å²) in [7, 11) is 1.39. The Bertz CT molecular complexity index is 1010. The minimum absolute atomic E-state index is 0.159. The van der Waals surface area contributed by atoms with Crippen molar-refractivity contribution in [1.29, 1.82) is 0 Å². The van der Waals surface area contributed by atoms with Crippen LogP contribution < -0.4 is 5.32 Å². The zero-order chi connectivity index (χ0) is 21.4. The van der Waals surface area contributed by atoms with Gasteiger partial charge in [0.05, 0.1) is 19.3 Å². The fourth-order valence-electron chi connectivity index (χ4n) is 4.47. The molecule has 154 valence electrons. The van der Waals surface area contributed by atoms with Gasteiger partial charge in [0.15, 0.2) is 0 Å². The molecular formula is C26H27NO3. The van der Waals surface area contributed by atoms with Gasteiger partial charge in [0, 0.05) is 5.41 Å². The average molecular weight is 402 g/mol. The highest BCUT2D eigenvalue weighted by Crippen LogP contribution is 2.51. The Balaban J connectivity index is 2.02. The Hall–Kier alpha value is -2.95. The molecular weight excluding hydrogens is 374 g/mol. The average Bonchev–Trinajstić information content (AvgIpc) is 3.08. The fourth-order valence-corrected chi connectivity index (χ4v) is 4.47. The number of hydrogen-bond donors (Lipinski definition) is 2. The summed E-state index contributed by atoms with van der Waals surface area (Å²) < 4.78 is 5.16. The number of ether oxygens (including phenoxy) is 1. The Morgan fingerprint density at radius 1 is 0.933 bits per heavy atom. The van der Waals surface area contributed by atoms with Crippen molar-refractivity contribution in [2.75, 3.05) is 13.7 Å². The first-order valence-corrected chi connectivity index (χ1v) is 10.2. The molecule has 4 nitrogen and oxygen atoms in total. The number of fused-ring (bicyclic) bond motifs is 3. The van der Waals surface area contributed by atoms with Crippen LogP contribution in [-0.2, 0) is 15.1 Å². The largest absolute Gasteiger partial charge is 0.468 e. The van der Waals surface area contributed by atoms with Gasteiger partial charge in [0.2, 0.25) is 0 Å². The van der Waals surface area contributed by atoms with Crippen LogP contribution in [0.2, 0.25) is 0 Å². The van der Waals surface area contributed by atoms with Crippen LogP contribution in [0.4, 0.5) is 0 Å². The summed E-state index contributed by atoms with van der Waals surface area (Å²) in [5.41, 5.74) is 3.98. The van der Waals surface area contributed by atoms with Gasteiger partial charge in [-0.1, -0.05) is 92.7 Å². The Labute approximate surface area is 177 Å². The molecule has 3 aromatic rings. The van der Waals surface area contributed by atoms with Crippen molar-refractivity contribution in [3.63, 3.8) is 0 Å². The highest BCUT2D eigenvalue weighted by atomic mass is 16.5. The number of benzene rings is 3. The van der Waals surface area contributed by atoms with E-state index in [1.165, 1.54) is 7.11 Å². The number of esters is 1. The third-order valence-electron chi connectivity index (χ3n) is 6.15. The van der Waals surface area contributed by atoms with Crippen molar-refractivity contribution in [1.82, 2.24) is 5.32 Å². The third-order valence-corrected chi connectivity index (χ3v) is 6.15. The van der Waals surface area contributed by atoms with Gasteiger partial charge >= 0.3 is 5.97 Å². The zero-order valence-electron chi connectivity index (χ0n) is 17.6. The lowest BCUT2D eigenvalue weighted by molar-refractivity contribution is -0.147. The molecule has 0 spiro atoms. The standard InChI is InChI=1S/C26H27NO3/c1-25(2,17-28)23(24(29)30-3)27-26(18-11-5-4-6-12-18)21-15-9-7-13-19(21)20-14-8-10-16-22(20)26/h4-16,23,27-28H,17H2,1-3H3/t23-/m0/s1. The molecule has 0 radical (unpaired) electrons. The first-order chi connectivity index (χ1) is 14.5. The van der Waals surface area contributed by atoms with Gasteiger partial charge in [-0.2, -0.15) is 0 Å². The summed E-state index contributed by atoms with van der Waals surface area (Å²) in [6, 6.07) is 26.0. The van der Waals surface area contributed by atoms with Crippen LogP contribution in [0.5, 0.6) is 0 Å². The van der Waals surface area contributed by atoms with Gasteiger partial charge in [0.1, 0.15) is 6.04 Å². The molecule has 0 saturated carbocycles. The summed E-state index contributed by atoms with van der Waals surface area (Å²) in [6.07, 6.45) is 0. The zero-order valence-corrected chi connectivity index (χ0v) is 17.6. The van der Waals surface area contributed by atoms with Crippen LogP contribution in [-0.4, -0.2) is 30.8 Å². The van der Waals surface area contributed by atoms with Gasteiger partial charge in [-0.15, -0.1) is 0 Å². The molecule has 0 saturated heterocycles. The second kappa shape index (κ2) is 7.71. The summed E-state index contributed by atoms with van der Waals surface area (Å²) in [5, 5.41) is 13.7. The maximum atomic E-state index is 12.9. The van der Waals surface area contributed by atoms with E-state index in [0.29, 0.717) is 0 Å². The van der Waals surface area contributed by atoms with Gasteiger partial charge in [0.25, 0.3) is 0 Å². The van der Waals surface area contributed by atoms with Crippen molar-refractivity contribution in [2.24, 2.45) is 5.41 Å². The van der Waals surface area contributed by atoms with Gasteiger partial charge in [-0.05, 0) is 27.8 Å². The molecule has 4 rings (SSSR count). The molecule has 1 atom stereocenters. The maximum absolute atomic E-state index is 12.9. The molecule has 3 aromatic carbocycles. The second-order valence-corrected chi connectivity index (χ2v) is 8.45. The predicted molar refractivity (Wildman–Crippen MR) is 118 cm³/mol. The van der Waals surface area contributed by atoms with E-state index in [1.54, 1.807) is 0 Å². The molecule has 0 fully saturated rings. The number of rotatable bonds is 6. The Morgan fingerprint density at radius 2 is 1.43 bits per heavy atom.